The van der Waals surface area contributed by atoms with E-state index in [-0.39, 0.29) is 23.2 Å². The maximum Gasteiger partial charge on any atom is 0.406 e. The number of carbonyl (C=O) groups excluding carboxylic acids is 1. The highest BCUT2D eigenvalue weighted by molar-refractivity contribution is 9.10. The molecule has 0 aliphatic rings. The number of alkyl halides is 3. The van der Waals surface area contributed by atoms with Crippen LogP contribution in [0.5, 0.6) is 0 Å². The fourth-order valence-electron chi connectivity index (χ4n) is 2.99. The van der Waals surface area contributed by atoms with Crippen LogP contribution in [-0.2, 0) is 20.1 Å². The Labute approximate surface area is 159 Å². The summed E-state index contributed by atoms with van der Waals surface area (Å²) in [6.07, 6.45) is -3.17. The Hall–Kier alpha value is -2.43. The molecule has 0 aliphatic heterocycles. The number of carbonyl (C=O) groups is 1. The fraction of sp³-hybridized carbons (Fsp3) is 0.375. The molecular formula is C16H15BrF3N5O2. The molecular weight excluding hydrogens is 431 g/mol. The standard InChI is InChI=1S/C16H15BrF3N5O2/c1-8-4-10(9(2)25(8)6-16(18,19)20)11(26)5-24-7-21-14-12(15(24)27)13(17)22-23(14)3/h4,7H,5-6H2,1-3H3. The van der Waals surface area contributed by atoms with Gasteiger partial charge < -0.3 is 4.57 Å². The number of halogens is 4. The molecule has 0 unspecified atom stereocenters. The van der Waals surface area contributed by atoms with Crippen molar-refractivity contribution in [2.24, 2.45) is 7.05 Å². The summed E-state index contributed by atoms with van der Waals surface area (Å²) >= 11 is 3.19. The van der Waals surface area contributed by atoms with Crippen LogP contribution in [0.2, 0.25) is 0 Å². The Bertz CT molecular complexity index is 1110. The zero-order valence-corrected chi connectivity index (χ0v) is 16.2. The van der Waals surface area contributed by atoms with Crippen molar-refractivity contribution in [3.63, 3.8) is 0 Å². The second-order valence-electron chi connectivity index (χ2n) is 6.20. The van der Waals surface area contributed by atoms with Gasteiger partial charge in [-0.1, -0.05) is 0 Å². The zero-order chi connectivity index (χ0) is 20.1. The molecule has 0 N–H and O–H groups in total. The molecule has 7 nitrogen and oxygen atoms in total. The van der Waals surface area contributed by atoms with Gasteiger partial charge in [-0.15, -0.1) is 0 Å². The van der Waals surface area contributed by atoms with Crippen molar-refractivity contribution in [2.75, 3.05) is 0 Å². The number of aryl methyl sites for hydroxylation is 2. The zero-order valence-electron chi connectivity index (χ0n) is 14.6. The van der Waals surface area contributed by atoms with Gasteiger partial charge in [0.25, 0.3) is 5.56 Å². The van der Waals surface area contributed by atoms with Gasteiger partial charge >= 0.3 is 6.18 Å². The van der Waals surface area contributed by atoms with Crippen molar-refractivity contribution >= 4 is 32.7 Å². The highest BCUT2D eigenvalue weighted by atomic mass is 79.9. The molecule has 144 valence electrons. The van der Waals surface area contributed by atoms with Gasteiger partial charge in [0.05, 0.1) is 6.54 Å². The number of aromatic nitrogens is 5. The predicted molar refractivity (Wildman–Crippen MR) is 94.8 cm³/mol. The molecule has 0 bridgehead atoms. The quantitative estimate of drug-likeness (QED) is 0.578. The van der Waals surface area contributed by atoms with E-state index < -0.39 is 24.1 Å². The van der Waals surface area contributed by atoms with Crippen LogP contribution in [0.3, 0.4) is 0 Å². The maximum absolute atomic E-state index is 12.7. The summed E-state index contributed by atoms with van der Waals surface area (Å²) in [4.78, 5) is 29.4. The lowest BCUT2D eigenvalue weighted by Crippen LogP contribution is -2.25. The first-order valence-electron chi connectivity index (χ1n) is 7.84. The third-order valence-corrected chi connectivity index (χ3v) is 4.85. The lowest BCUT2D eigenvalue weighted by Gasteiger charge is -2.12. The van der Waals surface area contributed by atoms with Crippen molar-refractivity contribution in [1.82, 2.24) is 23.9 Å². The SMILES string of the molecule is Cc1cc(C(=O)Cn2cnc3c(c(Br)nn3C)c2=O)c(C)n1CC(F)(F)F. The average molecular weight is 446 g/mol. The molecule has 0 atom stereocenters. The summed E-state index contributed by atoms with van der Waals surface area (Å²) < 4.78 is 42.1. The molecule has 0 fully saturated rings. The second-order valence-corrected chi connectivity index (χ2v) is 6.95. The molecule has 27 heavy (non-hydrogen) atoms. The van der Waals surface area contributed by atoms with Gasteiger partial charge in [-0.25, -0.2) is 9.67 Å². The molecule has 3 heterocycles. The van der Waals surface area contributed by atoms with E-state index in [9.17, 15) is 22.8 Å². The van der Waals surface area contributed by atoms with Crippen molar-refractivity contribution in [3.05, 3.63) is 44.3 Å². The van der Waals surface area contributed by atoms with E-state index >= 15 is 0 Å². The summed E-state index contributed by atoms with van der Waals surface area (Å²) in [5.41, 5.74) is 0.578. The third-order valence-electron chi connectivity index (χ3n) is 4.29. The van der Waals surface area contributed by atoms with Crippen LogP contribution >= 0.6 is 15.9 Å². The van der Waals surface area contributed by atoms with E-state index in [0.29, 0.717) is 15.9 Å². The normalized spacial score (nSPS) is 12.1. The van der Waals surface area contributed by atoms with E-state index in [1.54, 1.807) is 7.05 Å². The monoisotopic (exact) mass is 445 g/mol. The van der Waals surface area contributed by atoms with Crippen LogP contribution < -0.4 is 5.56 Å². The summed E-state index contributed by atoms with van der Waals surface area (Å²) in [6, 6.07) is 1.40. The number of fused-ring (bicyclic) bond motifs is 1. The second kappa shape index (κ2) is 6.63. The van der Waals surface area contributed by atoms with E-state index in [2.05, 4.69) is 26.0 Å². The maximum atomic E-state index is 12.7. The van der Waals surface area contributed by atoms with E-state index in [0.717, 1.165) is 9.13 Å². The van der Waals surface area contributed by atoms with Crippen molar-refractivity contribution in [3.8, 4) is 0 Å². The molecule has 11 heteroatoms. The number of Topliss-reactive ketones (excluding diaryl/α,β-unsaturated/α-hetero) is 1. The van der Waals surface area contributed by atoms with Gasteiger partial charge in [0.2, 0.25) is 0 Å². The highest BCUT2D eigenvalue weighted by Crippen LogP contribution is 2.23. The van der Waals surface area contributed by atoms with Crippen molar-refractivity contribution in [2.45, 2.75) is 33.1 Å². The Kier molecular flexibility index (Phi) is 4.74. The molecule has 0 aromatic carbocycles. The summed E-state index contributed by atoms with van der Waals surface area (Å²) in [6.45, 7) is 1.45. The number of hydrogen-bond acceptors (Lipinski definition) is 4. The summed E-state index contributed by atoms with van der Waals surface area (Å²) in [5.74, 6) is -0.472. The minimum atomic E-state index is -4.40. The Balaban J connectivity index is 1.96. The van der Waals surface area contributed by atoms with Crippen LogP contribution in [0.1, 0.15) is 21.7 Å². The molecule has 0 aliphatic carbocycles. The largest absolute Gasteiger partial charge is 0.406 e. The number of rotatable bonds is 4. The predicted octanol–water partition coefficient (Wildman–Crippen LogP) is 2.76. The molecule has 0 saturated heterocycles. The number of hydrogen-bond donors (Lipinski definition) is 0. The minimum Gasteiger partial charge on any atom is -0.339 e. The highest BCUT2D eigenvalue weighted by Gasteiger charge is 2.30. The molecule has 3 rings (SSSR count). The fourth-order valence-corrected chi connectivity index (χ4v) is 3.58. The van der Waals surface area contributed by atoms with E-state index in [1.807, 2.05) is 0 Å². The van der Waals surface area contributed by atoms with E-state index in [4.69, 9.17) is 0 Å². The van der Waals surface area contributed by atoms with Crippen LogP contribution in [0.4, 0.5) is 13.2 Å². The van der Waals surface area contributed by atoms with Crippen LogP contribution in [0, 0.1) is 13.8 Å². The van der Waals surface area contributed by atoms with Crippen LogP contribution in [0.15, 0.2) is 21.8 Å². The molecule has 3 aromatic rings. The molecule has 0 saturated carbocycles. The molecule has 3 aromatic heterocycles. The Morgan fingerprint density at radius 1 is 1.30 bits per heavy atom. The lowest BCUT2D eigenvalue weighted by atomic mass is 10.1. The van der Waals surface area contributed by atoms with Crippen molar-refractivity contribution in [1.29, 1.82) is 0 Å². The summed E-state index contributed by atoms with van der Waals surface area (Å²) in [7, 11) is 1.63. The first-order chi connectivity index (χ1) is 12.5. The van der Waals surface area contributed by atoms with Gasteiger partial charge in [-0.2, -0.15) is 18.3 Å². The van der Waals surface area contributed by atoms with Gasteiger partial charge in [0.1, 0.15) is 22.9 Å². The Morgan fingerprint density at radius 2 is 1.96 bits per heavy atom. The van der Waals surface area contributed by atoms with Gasteiger partial charge in [-0.05, 0) is 35.8 Å². The van der Waals surface area contributed by atoms with Crippen molar-refractivity contribution < 1.29 is 18.0 Å². The van der Waals surface area contributed by atoms with Gasteiger partial charge in [0, 0.05) is 24.0 Å². The minimum absolute atomic E-state index is 0.147. The smallest absolute Gasteiger partial charge is 0.339 e. The lowest BCUT2D eigenvalue weighted by molar-refractivity contribution is -0.141. The number of ketones is 1. The Morgan fingerprint density at radius 3 is 2.59 bits per heavy atom. The van der Waals surface area contributed by atoms with Crippen LogP contribution in [0.25, 0.3) is 11.0 Å². The molecule has 0 spiro atoms. The van der Waals surface area contributed by atoms with Gasteiger partial charge in [0.15, 0.2) is 11.4 Å². The first kappa shape index (κ1) is 19.3. The third kappa shape index (κ3) is 3.55. The van der Waals surface area contributed by atoms with Crippen LogP contribution in [-0.4, -0.2) is 35.9 Å². The average Bonchev–Trinajstić information content (AvgIpc) is 2.99. The van der Waals surface area contributed by atoms with E-state index in [1.165, 1.54) is 30.9 Å². The van der Waals surface area contributed by atoms with Gasteiger partial charge in [-0.3, -0.25) is 14.2 Å². The first-order valence-corrected chi connectivity index (χ1v) is 8.63. The molecule has 0 amide bonds. The topological polar surface area (TPSA) is 74.7 Å². The summed E-state index contributed by atoms with van der Waals surface area (Å²) in [5, 5.41) is 4.29. The number of nitrogens with zero attached hydrogens (tertiary/aromatic N) is 5. The molecule has 0 radical (unpaired) electrons.